The maximum Gasteiger partial charge on any atom is 0.316 e. The van der Waals surface area contributed by atoms with Crippen molar-refractivity contribution >= 4 is 45.2 Å². The second-order valence-electron chi connectivity index (χ2n) is 7.96. The summed E-state index contributed by atoms with van der Waals surface area (Å²) >= 11 is 12.1. The quantitative estimate of drug-likeness (QED) is 0.276. The van der Waals surface area contributed by atoms with Gasteiger partial charge in [-0.15, -0.1) is 0 Å². The summed E-state index contributed by atoms with van der Waals surface area (Å²) < 4.78 is 74.2. The van der Waals surface area contributed by atoms with Crippen LogP contribution in [0.15, 0.2) is 29.7 Å². The summed E-state index contributed by atoms with van der Waals surface area (Å²) in [5, 5.41) is 19.2. The van der Waals surface area contributed by atoms with Gasteiger partial charge in [-0.05, 0) is 25.0 Å². The van der Waals surface area contributed by atoms with Gasteiger partial charge in [0.1, 0.15) is 35.1 Å². The number of hydrogen-bond donors (Lipinski definition) is 1. The molecule has 194 valence electrons. The third-order valence-corrected chi connectivity index (χ3v) is 7.25. The number of hydrogen-bond acceptors (Lipinski definition) is 7. The van der Waals surface area contributed by atoms with E-state index >= 15 is 0 Å². The van der Waals surface area contributed by atoms with Gasteiger partial charge in [0.25, 0.3) is 0 Å². The molecule has 0 amide bonds. The fraction of sp³-hybridized carbons (Fsp3) is 0.316. The smallest absolute Gasteiger partial charge is 0.316 e. The van der Waals surface area contributed by atoms with Gasteiger partial charge in [0.15, 0.2) is 5.69 Å². The van der Waals surface area contributed by atoms with E-state index < -0.39 is 42.2 Å². The van der Waals surface area contributed by atoms with E-state index in [2.05, 4.69) is 20.5 Å². The second kappa shape index (κ2) is 7.95. The van der Waals surface area contributed by atoms with Crippen molar-refractivity contribution in [3.63, 3.8) is 0 Å². The highest BCUT2D eigenvalue weighted by atomic mass is 35.5. The monoisotopic (exact) mass is 571 g/mol. The zero-order valence-corrected chi connectivity index (χ0v) is 20.5. The van der Waals surface area contributed by atoms with Crippen molar-refractivity contribution in [2.45, 2.75) is 29.7 Å². The molecule has 0 saturated heterocycles. The molecule has 0 bridgehead atoms. The third-order valence-electron chi connectivity index (χ3n) is 5.54. The molecule has 3 aromatic rings. The molecule has 9 nitrogen and oxygen atoms in total. The van der Waals surface area contributed by atoms with E-state index in [9.17, 15) is 29.5 Å². The second-order valence-corrected chi connectivity index (χ2v) is 11.2. The van der Waals surface area contributed by atoms with Gasteiger partial charge in [0, 0.05) is 6.54 Å². The number of aromatic nitrogens is 5. The maximum absolute atomic E-state index is 13.4. The van der Waals surface area contributed by atoms with Gasteiger partial charge in [-0.3, -0.25) is 9.48 Å². The van der Waals surface area contributed by atoms with E-state index in [4.69, 9.17) is 27.9 Å². The van der Waals surface area contributed by atoms with Crippen molar-refractivity contribution < 1.29 is 29.0 Å². The molecule has 1 fully saturated rings. The molecule has 4 rings (SSSR count). The highest BCUT2D eigenvalue weighted by Gasteiger charge is 2.65. The third kappa shape index (κ3) is 4.67. The van der Waals surface area contributed by atoms with Crippen molar-refractivity contribution in [2.24, 2.45) is 0 Å². The van der Waals surface area contributed by atoms with E-state index in [-0.39, 0.29) is 42.3 Å². The van der Waals surface area contributed by atoms with Crippen LogP contribution in [0.3, 0.4) is 0 Å². The Morgan fingerprint density at radius 2 is 1.89 bits per heavy atom. The lowest BCUT2D eigenvalue weighted by atomic mass is 9.95. The Morgan fingerprint density at radius 1 is 1.25 bits per heavy atom. The zero-order chi connectivity index (χ0) is 26.6. The minimum atomic E-state index is -10.1. The van der Waals surface area contributed by atoms with Gasteiger partial charge in [0.2, 0.25) is 0 Å². The number of nitriles is 1. The Balaban J connectivity index is 1.89. The molecule has 2 aromatic heterocycles. The summed E-state index contributed by atoms with van der Waals surface area (Å²) in [6.07, 6.45) is 3.36. The van der Waals surface area contributed by atoms with Gasteiger partial charge in [0.05, 0.1) is 34.7 Å². The van der Waals surface area contributed by atoms with Gasteiger partial charge in [-0.1, -0.05) is 42.6 Å². The number of esters is 1. The van der Waals surface area contributed by atoms with Crippen molar-refractivity contribution in [1.29, 1.82) is 5.26 Å². The van der Waals surface area contributed by atoms with E-state index in [1.54, 1.807) is 0 Å². The first-order valence-corrected chi connectivity index (χ1v) is 12.7. The van der Waals surface area contributed by atoms with Crippen LogP contribution < -0.4 is 5.32 Å². The van der Waals surface area contributed by atoms with E-state index in [0.29, 0.717) is 12.8 Å². The molecule has 0 spiro atoms. The number of anilines is 1. The number of carbonyl (C=O) groups excluding carboxylic acids is 1. The number of ether oxygens (including phenoxy) is 1. The molecule has 0 unspecified atom stereocenters. The van der Waals surface area contributed by atoms with E-state index in [1.165, 1.54) is 24.4 Å². The Hall–Kier alpha value is -3.09. The van der Waals surface area contributed by atoms with Crippen LogP contribution in [0, 0.1) is 11.3 Å². The molecule has 17 heteroatoms. The fourth-order valence-corrected chi connectivity index (χ4v) is 5.21. The topological polar surface area (TPSA) is 111 Å². The van der Waals surface area contributed by atoms with Crippen molar-refractivity contribution in [3.05, 3.63) is 46.1 Å². The predicted octanol–water partition coefficient (Wildman–Crippen LogP) is 5.62. The normalized spacial score (nSPS) is 16.5. The molecule has 36 heavy (non-hydrogen) atoms. The van der Waals surface area contributed by atoms with Gasteiger partial charge in [-0.2, -0.15) is 15.5 Å². The molecular formula is C19H16Cl2F5N7O2S. The first kappa shape index (κ1) is 26.0. The van der Waals surface area contributed by atoms with Gasteiger partial charge >= 0.3 is 16.2 Å². The number of carbonyl (C=O) groups is 1. The number of methoxy groups -OCH3 is 1. The average Bonchev–Trinajstić information content (AvgIpc) is 3.24. The maximum atomic E-state index is 13.4. The van der Waals surface area contributed by atoms with Crippen LogP contribution in [0.25, 0.3) is 5.69 Å². The average molecular weight is 572 g/mol. The summed E-state index contributed by atoms with van der Waals surface area (Å²) in [7, 11) is -8.93. The lowest BCUT2D eigenvalue weighted by molar-refractivity contribution is -0.143. The fourth-order valence-electron chi connectivity index (χ4n) is 3.76. The number of halogens is 7. The SMILES string of the molecule is COC(=O)C1(c2c(C#N)nn(-c3c(Cl)cc(S(F)(F)(F)(F)F)cc3Cl)c2NCCn2cncn2)CC1. The molecule has 1 aromatic carbocycles. The van der Waals surface area contributed by atoms with Crippen LogP contribution >= 0.6 is 33.4 Å². The Bertz CT molecular complexity index is 1380. The molecule has 1 aliphatic rings. The molecular weight excluding hydrogens is 556 g/mol. The van der Waals surface area contributed by atoms with Crippen LogP contribution in [0.4, 0.5) is 25.2 Å². The van der Waals surface area contributed by atoms with E-state index in [0.717, 1.165) is 4.68 Å². The Kier molecular flexibility index (Phi) is 5.74. The molecule has 0 atom stereocenters. The summed E-state index contributed by atoms with van der Waals surface area (Å²) in [6.45, 7) is 0.380. The lowest BCUT2D eigenvalue weighted by Gasteiger charge is -2.40. The number of nitrogens with zero attached hydrogens (tertiary/aromatic N) is 6. The lowest BCUT2D eigenvalue weighted by Crippen LogP contribution is -2.25. The Labute approximate surface area is 210 Å². The molecule has 1 saturated carbocycles. The summed E-state index contributed by atoms with van der Waals surface area (Å²) in [4.78, 5) is 14.1. The first-order chi connectivity index (χ1) is 16.6. The van der Waals surface area contributed by atoms with Gasteiger partial charge < -0.3 is 10.1 Å². The molecule has 0 aliphatic heterocycles. The van der Waals surface area contributed by atoms with E-state index in [1.807, 2.05) is 6.07 Å². The van der Waals surface area contributed by atoms with Crippen LogP contribution in [0.1, 0.15) is 24.1 Å². The number of rotatable bonds is 8. The number of benzene rings is 1. The zero-order valence-electron chi connectivity index (χ0n) is 18.2. The van der Waals surface area contributed by atoms with Crippen molar-refractivity contribution in [1.82, 2.24) is 24.5 Å². The van der Waals surface area contributed by atoms with Crippen molar-refractivity contribution in [3.8, 4) is 11.8 Å². The van der Waals surface area contributed by atoms with Crippen LogP contribution in [-0.2, 0) is 21.5 Å². The summed E-state index contributed by atoms with van der Waals surface area (Å²) in [5.74, 6) is -0.634. The minimum absolute atomic E-state index is 0.0125. The highest BCUT2D eigenvalue weighted by molar-refractivity contribution is 8.45. The molecule has 1 aliphatic carbocycles. The van der Waals surface area contributed by atoms with Crippen LogP contribution in [0.5, 0.6) is 0 Å². The van der Waals surface area contributed by atoms with Crippen LogP contribution in [-0.4, -0.2) is 44.2 Å². The predicted molar refractivity (Wildman–Crippen MR) is 121 cm³/mol. The minimum Gasteiger partial charge on any atom is -0.468 e. The van der Waals surface area contributed by atoms with Gasteiger partial charge in [-0.25, -0.2) is 9.67 Å². The largest absolute Gasteiger partial charge is 0.468 e. The Morgan fingerprint density at radius 3 is 2.36 bits per heavy atom. The standard InChI is InChI=1S/C19H16Cl2F5N7O2S/c1-35-18(34)19(2-3-19)15-14(8-27)31-33(17(15)29-4-5-32-10-28-9-30-32)16-12(20)6-11(7-13(16)21)36(22,23,24,25)26/h6-7,9-10,29H,2-5H2,1H3. The molecule has 0 radical (unpaired) electrons. The summed E-state index contributed by atoms with van der Waals surface area (Å²) in [5.41, 5.74) is -1.75. The first-order valence-electron chi connectivity index (χ1n) is 10.0. The van der Waals surface area contributed by atoms with Crippen LogP contribution in [0.2, 0.25) is 10.0 Å². The highest BCUT2D eigenvalue weighted by Crippen LogP contribution is 3.02. The molecule has 2 heterocycles. The molecule has 1 N–H and O–H groups in total. The van der Waals surface area contributed by atoms with Crippen molar-refractivity contribution in [2.75, 3.05) is 19.0 Å². The summed E-state index contributed by atoms with van der Waals surface area (Å²) in [6, 6.07) is 1.95. The number of nitrogens with one attached hydrogen (secondary N) is 1.